The molecule has 0 aliphatic heterocycles. The van der Waals surface area contributed by atoms with Crippen LogP contribution in [0.3, 0.4) is 0 Å². The molecule has 0 aromatic heterocycles. The summed E-state index contributed by atoms with van der Waals surface area (Å²) < 4.78 is 5.83. The lowest BCUT2D eigenvalue weighted by Gasteiger charge is -2.15. The molecule has 0 radical (unpaired) electrons. The minimum Gasteiger partial charge on any atom is -0.481 e. The number of carbonyl (C=O) groups excluding carboxylic acids is 1. The average Bonchev–Trinajstić information content (AvgIpc) is 2.93. The Balaban J connectivity index is 4.01. The fraction of sp³-hybridized carbons (Fsp3) is 0.778. The van der Waals surface area contributed by atoms with Crippen LogP contribution in [0.1, 0.15) is 174 Å². The molecule has 0 aliphatic rings. The molecule has 4 nitrogen and oxygen atoms in total. The maximum atomic E-state index is 12.5. The normalized spacial score (nSPS) is 12.7. The number of ether oxygens (including phenoxy) is 1. The van der Waals surface area contributed by atoms with Crippen LogP contribution in [0, 0.1) is 0 Å². The maximum Gasteiger partial charge on any atom is 0.306 e. The number of hydrogen-bond acceptors (Lipinski definition) is 3. The van der Waals surface area contributed by atoms with Gasteiger partial charge < -0.3 is 9.84 Å². The Morgan fingerprint density at radius 2 is 1.05 bits per heavy atom. The van der Waals surface area contributed by atoms with E-state index in [4.69, 9.17) is 9.84 Å². The average molecular weight is 561 g/mol. The lowest BCUT2D eigenvalue weighted by atomic mass is 10.1. The van der Waals surface area contributed by atoms with Crippen LogP contribution < -0.4 is 0 Å². The van der Waals surface area contributed by atoms with Crippen molar-refractivity contribution in [3.63, 3.8) is 0 Å². The summed E-state index contributed by atoms with van der Waals surface area (Å²) >= 11 is 0. The molecule has 0 fully saturated rings. The SMILES string of the molecule is CCCCCC/C=C\C/C=C\CCCCCCCC(=O)OC(/C=C\CCCCCCC)CCCCCCC(=O)O. The number of esters is 1. The summed E-state index contributed by atoms with van der Waals surface area (Å²) in [7, 11) is 0. The fourth-order valence-electron chi connectivity index (χ4n) is 4.77. The Hall–Kier alpha value is -1.84. The highest BCUT2D eigenvalue weighted by molar-refractivity contribution is 5.69. The summed E-state index contributed by atoms with van der Waals surface area (Å²) in [5.41, 5.74) is 0. The molecule has 0 spiro atoms. The predicted molar refractivity (Wildman–Crippen MR) is 172 cm³/mol. The van der Waals surface area contributed by atoms with Gasteiger partial charge in [-0.3, -0.25) is 9.59 Å². The van der Waals surface area contributed by atoms with E-state index >= 15 is 0 Å². The molecule has 0 aromatic rings. The molecule has 0 heterocycles. The van der Waals surface area contributed by atoms with E-state index in [0.717, 1.165) is 64.2 Å². The van der Waals surface area contributed by atoms with E-state index in [1.165, 1.54) is 83.5 Å². The molecule has 232 valence electrons. The molecule has 0 saturated carbocycles. The molecule has 0 amide bonds. The van der Waals surface area contributed by atoms with Crippen molar-refractivity contribution in [2.24, 2.45) is 0 Å². The number of carbonyl (C=O) groups is 2. The van der Waals surface area contributed by atoms with E-state index in [0.29, 0.717) is 6.42 Å². The maximum absolute atomic E-state index is 12.5. The van der Waals surface area contributed by atoms with Gasteiger partial charge in [0.15, 0.2) is 0 Å². The number of carboxylic acids is 1. The van der Waals surface area contributed by atoms with Crippen molar-refractivity contribution in [1.82, 2.24) is 0 Å². The van der Waals surface area contributed by atoms with Crippen LogP contribution in [-0.4, -0.2) is 23.1 Å². The summed E-state index contributed by atoms with van der Waals surface area (Å²) in [6.45, 7) is 4.49. The van der Waals surface area contributed by atoms with E-state index in [-0.39, 0.29) is 18.5 Å². The highest BCUT2D eigenvalue weighted by Gasteiger charge is 2.11. The van der Waals surface area contributed by atoms with Gasteiger partial charge >= 0.3 is 11.9 Å². The molecule has 40 heavy (non-hydrogen) atoms. The van der Waals surface area contributed by atoms with Crippen molar-refractivity contribution >= 4 is 11.9 Å². The van der Waals surface area contributed by atoms with Crippen LogP contribution in [0.4, 0.5) is 0 Å². The van der Waals surface area contributed by atoms with Gasteiger partial charge in [0.1, 0.15) is 6.10 Å². The Morgan fingerprint density at radius 3 is 1.65 bits per heavy atom. The zero-order chi connectivity index (χ0) is 29.4. The highest BCUT2D eigenvalue weighted by Crippen LogP contribution is 2.15. The van der Waals surface area contributed by atoms with E-state index in [9.17, 15) is 9.59 Å². The standard InChI is InChI=1S/C36H64O4/c1-3-5-7-9-11-12-13-14-15-16-17-18-19-21-23-29-33-36(39)40-34(30-26-22-20-10-8-6-4-2)31-27-24-25-28-32-35(37)38/h12-13,15-16,26,30,34H,3-11,14,17-25,27-29,31-33H2,1-2H3,(H,37,38)/b13-12-,16-15-,30-26-. The van der Waals surface area contributed by atoms with Crippen LogP contribution in [0.5, 0.6) is 0 Å². The lowest BCUT2D eigenvalue weighted by molar-refractivity contribution is -0.147. The Labute approximate surface area is 248 Å². The van der Waals surface area contributed by atoms with Gasteiger partial charge in [0.2, 0.25) is 0 Å². The molecular formula is C36H64O4. The number of hydrogen-bond donors (Lipinski definition) is 1. The van der Waals surface area contributed by atoms with Gasteiger partial charge in [-0.1, -0.05) is 121 Å². The zero-order valence-electron chi connectivity index (χ0n) is 26.4. The molecule has 0 saturated heterocycles. The third-order valence-corrected chi connectivity index (χ3v) is 7.32. The Morgan fingerprint density at radius 1 is 0.575 bits per heavy atom. The largest absolute Gasteiger partial charge is 0.481 e. The number of unbranched alkanes of at least 4 members (excludes halogenated alkanes) is 17. The second-order valence-electron chi connectivity index (χ2n) is 11.3. The second-order valence-corrected chi connectivity index (χ2v) is 11.3. The number of allylic oxidation sites excluding steroid dienone is 5. The summed E-state index contributed by atoms with van der Waals surface area (Å²) in [5.74, 6) is -0.804. The van der Waals surface area contributed by atoms with Gasteiger partial charge in [0.25, 0.3) is 0 Å². The van der Waals surface area contributed by atoms with Crippen molar-refractivity contribution in [2.75, 3.05) is 0 Å². The van der Waals surface area contributed by atoms with Crippen molar-refractivity contribution in [2.45, 2.75) is 180 Å². The van der Waals surface area contributed by atoms with Crippen LogP contribution >= 0.6 is 0 Å². The monoisotopic (exact) mass is 560 g/mol. The van der Waals surface area contributed by atoms with E-state index in [1.807, 2.05) is 0 Å². The first-order valence-electron chi connectivity index (χ1n) is 17.0. The van der Waals surface area contributed by atoms with Gasteiger partial charge in [0.05, 0.1) is 0 Å². The quantitative estimate of drug-likeness (QED) is 0.0539. The van der Waals surface area contributed by atoms with Gasteiger partial charge in [-0.2, -0.15) is 0 Å². The molecular weight excluding hydrogens is 496 g/mol. The molecule has 4 heteroatoms. The molecule has 0 aromatic carbocycles. The van der Waals surface area contributed by atoms with Crippen LogP contribution in [0.25, 0.3) is 0 Å². The lowest BCUT2D eigenvalue weighted by Crippen LogP contribution is -2.16. The first-order valence-corrected chi connectivity index (χ1v) is 17.0. The van der Waals surface area contributed by atoms with Crippen molar-refractivity contribution < 1.29 is 19.4 Å². The topological polar surface area (TPSA) is 63.6 Å². The van der Waals surface area contributed by atoms with Crippen LogP contribution in [-0.2, 0) is 14.3 Å². The molecule has 1 atom stereocenters. The van der Waals surface area contributed by atoms with Gasteiger partial charge in [-0.05, 0) is 76.7 Å². The molecule has 0 aliphatic carbocycles. The summed E-state index contributed by atoms with van der Waals surface area (Å²) in [6, 6.07) is 0. The Kier molecular flexibility index (Phi) is 30.2. The minimum atomic E-state index is -0.725. The molecule has 1 unspecified atom stereocenters. The smallest absolute Gasteiger partial charge is 0.306 e. The highest BCUT2D eigenvalue weighted by atomic mass is 16.5. The summed E-state index contributed by atoms with van der Waals surface area (Å²) in [6.07, 6.45) is 40.2. The second kappa shape index (κ2) is 31.7. The summed E-state index contributed by atoms with van der Waals surface area (Å²) in [4.78, 5) is 23.2. The number of aliphatic carboxylic acids is 1. The van der Waals surface area contributed by atoms with Crippen molar-refractivity contribution in [1.29, 1.82) is 0 Å². The number of carboxylic acid groups (broad SMARTS) is 1. The molecule has 0 bridgehead atoms. The van der Waals surface area contributed by atoms with Gasteiger partial charge in [-0.15, -0.1) is 0 Å². The summed E-state index contributed by atoms with van der Waals surface area (Å²) in [5, 5.41) is 8.78. The van der Waals surface area contributed by atoms with Crippen molar-refractivity contribution in [3.8, 4) is 0 Å². The molecule has 0 rings (SSSR count). The van der Waals surface area contributed by atoms with Crippen LogP contribution in [0.15, 0.2) is 36.5 Å². The van der Waals surface area contributed by atoms with E-state index < -0.39 is 5.97 Å². The van der Waals surface area contributed by atoms with Crippen molar-refractivity contribution in [3.05, 3.63) is 36.5 Å². The Bertz CT molecular complexity index is 649. The fourth-order valence-corrected chi connectivity index (χ4v) is 4.77. The van der Waals surface area contributed by atoms with Crippen LogP contribution in [0.2, 0.25) is 0 Å². The minimum absolute atomic E-state index is 0.0789. The third-order valence-electron chi connectivity index (χ3n) is 7.32. The zero-order valence-corrected chi connectivity index (χ0v) is 26.4. The van der Waals surface area contributed by atoms with Gasteiger partial charge in [0, 0.05) is 12.8 Å². The number of rotatable bonds is 30. The first-order chi connectivity index (χ1) is 19.6. The van der Waals surface area contributed by atoms with Gasteiger partial charge in [-0.25, -0.2) is 0 Å². The predicted octanol–water partition coefficient (Wildman–Crippen LogP) is 11.4. The molecule has 1 N–H and O–H groups in total. The van der Waals surface area contributed by atoms with E-state index in [1.54, 1.807) is 0 Å². The first kappa shape index (κ1) is 38.2. The van der Waals surface area contributed by atoms with E-state index in [2.05, 4.69) is 50.3 Å². The third kappa shape index (κ3) is 30.7.